The normalized spacial score (nSPS) is 11.5. The zero-order chi connectivity index (χ0) is 15.7. The van der Waals surface area contributed by atoms with Crippen LogP contribution in [0.4, 0.5) is 0 Å². The number of hydrogen-bond acceptors (Lipinski definition) is 5. The topological polar surface area (TPSA) is 60.4 Å². The van der Waals surface area contributed by atoms with Gasteiger partial charge in [-0.25, -0.2) is 0 Å². The molecule has 6 heteroatoms. The lowest BCUT2D eigenvalue weighted by Gasteiger charge is -2.07. The molecule has 2 aromatic carbocycles. The average molecular weight is 332 g/mol. The number of ketones is 1. The Hall–Kier alpha value is -2.18. The van der Waals surface area contributed by atoms with Crippen LogP contribution in [0.5, 0.6) is 5.75 Å². The van der Waals surface area contributed by atoms with Crippen molar-refractivity contribution < 1.29 is 17.4 Å². The molecule has 1 aromatic heterocycles. The number of fused-ring (bicyclic) bond motifs is 1. The molecule has 4 nitrogen and oxygen atoms in total. The summed E-state index contributed by atoms with van der Waals surface area (Å²) in [5.74, 6) is 0.131. The second kappa shape index (κ2) is 5.55. The molecule has 0 atom stereocenters. The Morgan fingerprint density at radius 1 is 1.09 bits per heavy atom. The van der Waals surface area contributed by atoms with E-state index in [1.165, 1.54) is 30.4 Å². The van der Waals surface area contributed by atoms with Crippen molar-refractivity contribution in [2.24, 2.45) is 0 Å². The highest BCUT2D eigenvalue weighted by Gasteiger charge is 2.17. The Balaban J connectivity index is 2.01. The molecule has 112 valence electrons. The molecule has 0 aliphatic rings. The van der Waals surface area contributed by atoms with E-state index in [1.54, 1.807) is 41.8 Å². The zero-order valence-electron chi connectivity index (χ0n) is 11.6. The Kier molecular flexibility index (Phi) is 3.72. The Labute approximate surface area is 132 Å². The maximum absolute atomic E-state index is 12.2. The van der Waals surface area contributed by atoms with Crippen LogP contribution in [-0.2, 0) is 10.1 Å². The van der Waals surface area contributed by atoms with Gasteiger partial charge in [0.15, 0.2) is 5.78 Å². The van der Waals surface area contributed by atoms with Crippen LogP contribution in [0, 0.1) is 0 Å². The third kappa shape index (κ3) is 2.75. The van der Waals surface area contributed by atoms with Gasteiger partial charge in [-0.1, -0.05) is 18.2 Å². The summed E-state index contributed by atoms with van der Waals surface area (Å²) in [6.45, 7) is 1.48. The number of benzene rings is 2. The summed E-state index contributed by atoms with van der Waals surface area (Å²) in [5, 5.41) is 2.47. The number of hydrogen-bond donors (Lipinski definition) is 0. The van der Waals surface area contributed by atoms with E-state index in [4.69, 9.17) is 4.18 Å². The van der Waals surface area contributed by atoms with Gasteiger partial charge in [0, 0.05) is 21.0 Å². The molecule has 0 aliphatic carbocycles. The van der Waals surface area contributed by atoms with E-state index in [-0.39, 0.29) is 16.4 Å². The molecule has 0 amide bonds. The lowest BCUT2D eigenvalue weighted by Crippen LogP contribution is -2.09. The third-order valence-corrected chi connectivity index (χ3v) is 5.39. The molecule has 3 aromatic rings. The van der Waals surface area contributed by atoms with Crippen LogP contribution in [0.15, 0.2) is 58.8 Å². The molecule has 22 heavy (non-hydrogen) atoms. The lowest BCUT2D eigenvalue weighted by atomic mass is 10.1. The lowest BCUT2D eigenvalue weighted by molar-refractivity contribution is 0.101. The molecular weight excluding hydrogens is 320 g/mol. The van der Waals surface area contributed by atoms with Gasteiger partial charge in [0.2, 0.25) is 0 Å². The van der Waals surface area contributed by atoms with Crippen molar-refractivity contribution in [2.75, 3.05) is 0 Å². The first kappa shape index (κ1) is 14.7. The van der Waals surface area contributed by atoms with Crippen molar-refractivity contribution in [3.8, 4) is 5.75 Å². The van der Waals surface area contributed by atoms with Crippen molar-refractivity contribution >= 4 is 37.3 Å². The van der Waals surface area contributed by atoms with Gasteiger partial charge >= 0.3 is 10.1 Å². The fraction of sp³-hybridized carbons (Fsp3) is 0.0625. The minimum atomic E-state index is -3.88. The minimum Gasteiger partial charge on any atom is -0.379 e. The van der Waals surface area contributed by atoms with Gasteiger partial charge in [-0.15, -0.1) is 11.3 Å². The molecule has 0 fully saturated rings. The summed E-state index contributed by atoms with van der Waals surface area (Å²) in [5.41, 5.74) is 0.572. The number of rotatable bonds is 4. The summed E-state index contributed by atoms with van der Waals surface area (Å²) < 4.78 is 30.5. The SMILES string of the molecule is CC(=O)c1csc2ccc(OS(=O)(=O)c3ccccc3)cc12. The van der Waals surface area contributed by atoms with E-state index >= 15 is 0 Å². The first-order chi connectivity index (χ1) is 10.5. The average Bonchev–Trinajstić information content (AvgIpc) is 2.91. The molecule has 0 radical (unpaired) electrons. The molecule has 0 bridgehead atoms. The van der Waals surface area contributed by atoms with Gasteiger partial charge < -0.3 is 4.18 Å². The molecule has 0 aliphatic heterocycles. The molecule has 0 spiro atoms. The molecular formula is C16H12O4S2. The Morgan fingerprint density at radius 3 is 2.50 bits per heavy atom. The fourth-order valence-corrected chi connectivity index (χ4v) is 4.02. The summed E-state index contributed by atoms with van der Waals surface area (Å²) in [7, 11) is -3.88. The van der Waals surface area contributed by atoms with Crippen molar-refractivity contribution in [3.05, 3.63) is 59.5 Å². The Bertz CT molecular complexity index is 941. The smallest absolute Gasteiger partial charge is 0.339 e. The molecule has 1 heterocycles. The first-order valence-electron chi connectivity index (χ1n) is 6.49. The van der Waals surface area contributed by atoms with Gasteiger partial charge in [0.05, 0.1) is 0 Å². The predicted octanol–water partition coefficient (Wildman–Crippen LogP) is 3.87. The third-order valence-electron chi connectivity index (χ3n) is 3.16. The van der Waals surface area contributed by atoms with Crippen LogP contribution in [-0.4, -0.2) is 14.2 Å². The number of carbonyl (C=O) groups excluding carboxylic acids is 1. The van der Waals surface area contributed by atoms with Crippen molar-refractivity contribution in [1.82, 2.24) is 0 Å². The van der Waals surface area contributed by atoms with Crippen LogP contribution in [0.1, 0.15) is 17.3 Å². The van der Waals surface area contributed by atoms with Crippen LogP contribution < -0.4 is 4.18 Å². The first-order valence-corrected chi connectivity index (χ1v) is 8.78. The van der Waals surface area contributed by atoms with Crippen LogP contribution in [0.2, 0.25) is 0 Å². The van der Waals surface area contributed by atoms with Gasteiger partial charge in [-0.05, 0) is 37.3 Å². The van der Waals surface area contributed by atoms with E-state index in [0.29, 0.717) is 10.9 Å². The standard InChI is InChI=1S/C16H12O4S2/c1-11(17)15-10-21-16-8-7-12(9-14(15)16)20-22(18,19)13-5-3-2-4-6-13/h2-10H,1H3. The molecule has 0 unspecified atom stereocenters. The van der Waals surface area contributed by atoms with Crippen LogP contribution >= 0.6 is 11.3 Å². The maximum Gasteiger partial charge on any atom is 0.339 e. The van der Waals surface area contributed by atoms with E-state index in [2.05, 4.69) is 0 Å². The second-order valence-electron chi connectivity index (χ2n) is 4.71. The number of thiophene rings is 1. The highest BCUT2D eigenvalue weighted by molar-refractivity contribution is 7.87. The second-order valence-corrected chi connectivity index (χ2v) is 7.17. The van der Waals surface area contributed by atoms with Crippen molar-refractivity contribution in [2.45, 2.75) is 11.8 Å². The summed E-state index contributed by atoms with van der Waals surface area (Å²) in [6, 6.07) is 12.9. The van der Waals surface area contributed by atoms with Gasteiger partial charge in [0.1, 0.15) is 10.6 Å². The maximum atomic E-state index is 12.2. The van der Waals surface area contributed by atoms with Crippen molar-refractivity contribution in [1.29, 1.82) is 0 Å². The Morgan fingerprint density at radius 2 is 1.82 bits per heavy atom. The molecule has 0 saturated carbocycles. The summed E-state index contributed by atoms with van der Waals surface area (Å²) >= 11 is 1.44. The van der Waals surface area contributed by atoms with E-state index in [9.17, 15) is 13.2 Å². The van der Waals surface area contributed by atoms with E-state index < -0.39 is 10.1 Å². The van der Waals surface area contributed by atoms with Gasteiger partial charge in [-0.3, -0.25) is 4.79 Å². The number of carbonyl (C=O) groups is 1. The van der Waals surface area contributed by atoms with Gasteiger partial charge in [0.25, 0.3) is 0 Å². The molecule has 0 saturated heterocycles. The van der Waals surface area contributed by atoms with E-state index in [1.807, 2.05) is 0 Å². The van der Waals surface area contributed by atoms with Crippen LogP contribution in [0.25, 0.3) is 10.1 Å². The van der Waals surface area contributed by atoms with Gasteiger partial charge in [-0.2, -0.15) is 8.42 Å². The molecule has 0 N–H and O–H groups in total. The van der Waals surface area contributed by atoms with Crippen LogP contribution in [0.3, 0.4) is 0 Å². The summed E-state index contributed by atoms with van der Waals surface area (Å²) in [6.07, 6.45) is 0. The predicted molar refractivity (Wildman–Crippen MR) is 86.1 cm³/mol. The largest absolute Gasteiger partial charge is 0.379 e. The highest BCUT2D eigenvalue weighted by atomic mass is 32.2. The minimum absolute atomic E-state index is 0.0608. The monoisotopic (exact) mass is 332 g/mol. The summed E-state index contributed by atoms with van der Waals surface area (Å²) in [4.78, 5) is 11.7. The fourth-order valence-electron chi connectivity index (χ4n) is 2.09. The quantitative estimate of drug-likeness (QED) is 0.537. The zero-order valence-corrected chi connectivity index (χ0v) is 13.3. The highest BCUT2D eigenvalue weighted by Crippen LogP contribution is 2.31. The van der Waals surface area contributed by atoms with E-state index in [0.717, 1.165) is 4.70 Å². The number of Topliss-reactive ketones (excluding diaryl/α,β-unsaturated/α-hetero) is 1. The molecule has 3 rings (SSSR count). The van der Waals surface area contributed by atoms with Crippen molar-refractivity contribution in [3.63, 3.8) is 0 Å².